The standard InChI is InChI=1S/C9H14N2O3S/c1-3-10-6-7-11(9(10)2)5-4-8-15(12,13)14/h3,6-7H,1,4-5,8H2,2H3. The van der Waals surface area contributed by atoms with Crippen LogP contribution in [0.5, 0.6) is 0 Å². The highest BCUT2D eigenvalue weighted by Crippen LogP contribution is 1.95. The van der Waals surface area contributed by atoms with Gasteiger partial charge in [-0.15, -0.1) is 0 Å². The summed E-state index contributed by atoms with van der Waals surface area (Å²) in [5, 5.41) is 0. The second-order valence-electron chi connectivity index (χ2n) is 3.24. The lowest BCUT2D eigenvalue weighted by molar-refractivity contribution is -0.701. The van der Waals surface area contributed by atoms with E-state index < -0.39 is 10.1 Å². The van der Waals surface area contributed by atoms with Crippen LogP contribution in [0.2, 0.25) is 0 Å². The summed E-state index contributed by atoms with van der Waals surface area (Å²) in [7, 11) is -4.10. The largest absolute Gasteiger partial charge is 0.748 e. The van der Waals surface area contributed by atoms with Crippen LogP contribution in [-0.2, 0) is 16.7 Å². The average Bonchev–Trinajstić information content (AvgIpc) is 2.46. The molecule has 1 heterocycles. The van der Waals surface area contributed by atoms with E-state index >= 15 is 0 Å². The zero-order valence-corrected chi connectivity index (χ0v) is 9.40. The first-order valence-corrected chi connectivity index (χ1v) is 6.15. The molecule has 84 valence electrons. The Balaban J connectivity index is 2.59. The van der Waals surface area contributed by atoms with Crippen LogP contribution in [0.1, 0.15) is 12.2 Å². The Morgan fingerprint density at radius 2 is 2.33 bits per heavy atom. The Morgan fingerprint density at radius 1 is 1.67 bits per heavy atom. The molecule has 1 rings (SSSR count). The van der Waals surface area contributed by atoms with Crippen molar-refractivity contribution in [1.82, 2.24) is 4.57 Å². The van der Waals surface area contributed by atoms with Gasteiger partial charge in [0.25, 0.3) is 5.82 Å². The Hall–Kier alpha value is -1.14. The third-order valence-corrected chi connectivity index (χ3v) is 2.98. The molecule has 6 heteroatoms. The molecule has 0 atom stereocenters. The number of aryl methyl sites for hydroxylation is 1. The molecule has 5 nitrogen and oxygen atoms in total. The molecular weight excluding hydrogens is 216 g/mol. The van der Waals surface area contributed by atoms with Crippen LogP contribution in [0.15, 0.2) is 19.0 Å². The molecule has 0 unspecified atom stereocenters. The lowest BCUT2D eigenvalue weighted by Crippen LogP contribution is -2.36. The summed E-state index contributed by atoms with van der Waals surface area (Å²) in [6, 6.07) is 0. The molecule has 0 bridgehead atoms. The maximum atomic E-state index is 10.4. The van der Waals surface area contributed by atoms with Crippen LogP contribution in [0.4, 0.5) is 0 Å². The van der Waals surface area contributed by atoms with Gasteiger partial charge in [0.1, 0.15) is 12.4 Å². The second-order valence-corrected chi connectivity index (χ2v) is 4.77. The Kier molecular flexibility index (Phi) is 3.65. The zero-order valence-electron chi connectivity index (χ0n) is 8.59. The topological polar surface area (TPSA) is 66.0 Å². The van der Waals surface area contributed by atoms with Gasteiger partial charge >= 0.3 is 0 Å². The molecule has 15 heavy (non-hydrogen) atoms. The third kappa shape index (κ3) is 3.49. The summed E-state index contributed by atoms with van der Waals surface area (Å²) >= 11 is 0. The predicted octanol–water partition coefficient (Wildman–Crippen LogP) is 0.120. The van der Waals surface area contributed by atoms with E-state index in [1.807, 2.05) is 28.5 Å². The molecule has 0 aliphatic heterocycles. The van der Waals surface area contributed by atoms with E-state index in [-0.39, 0.29) is 5.75 Å². The molecule has 0 N–H and O–H groups in total. The summed E-state index contributed by atoms with van der Waals surface area (Å²) < 4.78 is 34.9. The van der Waals surface area contributed by atoms with Crippen LogP contribution >= 0.6 is 0 Å². The highest BCUT2D eigenvalue weighted by molar-refractivity contribution is 7.85. The zero-order chi connectivity index (χ0) is 11.5. The van der Waals surface area contributed by atoms with Gasteiger partial charge in [-0.25, -0.2) is 17.6 Å². The van der Waals surface area contributed by atoms with Crippen molar-refractivity contribution in [2.75, 3.05) is 5.75 Å². The molecule has 0 aromatic carbocycles. The predicted molar refractivity (Wildman–Crippen MR) is 54.9 cm³/mol. The van der Waals surface area contributed by atoms with E-state index in [4.69, 9.17) is 0 Å². The number of hydrogen-bond acceptors (Lipinski definition) is 3. The van der Waals surface area contributed by atoms with Gasteiger partial charge in [-0.05, 0) is 6.42 Å². The van der Waals surface area contributed by atoms with E-state index in [9.17, 15) is 13.0 Å². The molecule has 0 spiro atoms. The first-order valence-electron chi connectivity index (χ1n) is 4.57. The van der Waals surface area contributed by atoms with Crippen molar-refractivity contribution in [3.8, 4) is 0 Å². The van der Waals surface area contributed by atoms with Crippen molar-refractivity contribution < 1.29 is 17.5 Å². The molecule has 0 radical (unpaired) electrons. The van der Waals surface area contributed by atoms with Gasteiger partial charge in [-0.2, -0.15) is 0 Å². The first kappa shape index (κ1) is 11.9. The number of imidazole rings is 1. The van der Waals surface area contributed by atoms with Crippen molar-refractivity contribution in [2.45, 2.75) is 19.9 Å². The fourth-order valence-electron chi connectivity index (χ4n) is 1.36. The van der Waals surface area contributed by atoms with Crippen molar-refractivity contribution >= 4 is 16.3 Å². The lowest BCUT2D eigenvalue weighted by Gasteiger charge is -2.04. The maximum absolute atomic E-state index is 10.4. The summed E-state index contributed by atoms with van der Waals surface area (Å²) in [5.41, 5.74) is 0. The summed E-state index contributed by atoms with van der Waals surface area (Å²) in [6.07, 6.45) is 5.65. The minimum absolute atomic E-state index is 0.321. The highest BCUT2D eigenvalue weighted by atomic mass is 32.2. The summed E-state index contributed by atoms with van der Waals surface area (Å²) in [6.45, 7) is 6.05. The summed E-state index contributed by atoms with van der Waals surface area (Å²) in [5.74, 6) is 0.631. The van der Waals surface area contributed by atoms with E-state index in [0.717, 1.165) is 5.82 Å². The number of hydrogen-bond donors (Lipinski definition) is 0. The van der Waals surface area contributed by atoms with Gasteiger partial charge in [-0.3, -0.25) is 0 Å². The average molecular weight is 230 g/mol. The molecule has 1 aromatic rings. The monoisotopic (exact) mass is 230 g/mol. The Bertz CT molecular complexity index is 448. The van der Waals surface area contributed by atoms with Gasteiger partial charge in [0.15, 0.2) is 0 Å². The van der Waals surface area contributed by atoms with Crippen LogP contribution in [-0.4, -0.2) is 23.3 Å². The van der Waals surface area contributed by atoms with Crippen LogP contribution in [0.25, 0.3) is 6.20 Å². The number of rotatable bonds is 5. The van der Waals surface area contributed by atoms with Crippen LogP contribution in [0, 0.1) is 6.92 Å². The molecule has 0 amide bonds. The van der Waals surface area contributed by atoms with Crippen molar-refractivity contribution in [1.29, 1.82) is 0 Å². The molecule has 0 aliphatic carbocycles. The molecule has 0 fully saturated rings. The minimum Gasteiger partial charge on any atom is -0.748 e. The highest BCUT2D eigenvalue weighted by Gasteiger charge is 2.09. The fourth-order valence-corrected chi connectivity index (χ4v) is 1.84. The molecule has 0 aliphatic rings. The molecule has 1 aromatic heterocycles. The van der Waals surface area contributed by atoms with Crippen molar-refractivity contribution in [3.63, 3.8) is 0 Å². The van der Waals surface area contributed by atoms with Crippen LogP contribution in [0.3, 0.4) is 0 Å². The normalized spacial score (nSPS) is 11.6. The SMILES string of the molecule is C=Cn1cc[n+](CCCS(=O)(=O)[O-])c1C. The summed E-state index contributed by atoms with van der Waals surface area (Å²) in [4.78, 5) is 0. The van der Waals surface area contributed by atoms with Gasteiger partial charge in [-0.1, -0.05) is 6.58 Å². The lowest BCUT2D eigenvalue weighted by atomic mass is 10.4. The molecule has 0 saturated carbocycles. The smallest absolute Gasteiger partial charge is 0.257 e. The third-order valence-electron chi connectivity index (χ3n) is 2.19. The molecule has 0 saturated heterocycles. The maximum Gasteiger partial charge on any atom is 0.257 e. The molecular formula is C9H14N2O3S. The second kappa shape index (κ2) is 4.59. The number of aromatic nitrogens is 2. The van der Waals surface area contributed by atoms with Crippen LogP contribution < -0.4 is 4.57 Å². The van der Waals surface area contributed by atoms with E-state index in [1.54, 1.807) is 6.20 Å². The van der Waals surface area contributed by atoms with E-state index in [2.05, 4.69) is 6.58 Å². The van der Waals surface area contributed by atoms with Gasteiger partial charge in [0.2, 0.25) is 0 Å². The minimum atomic E-state index is -4.10. The van der Waals surface area contributed by atoms with Gasteiger partial charge in [0, 0.05) is 12.7 Å². The van der Waals surface area contributed by atoms with Crippen molar-refractivity contribution in [3.05, 3.63) is 24.8 Å². The quantitative estimate of drug-likeness (QED) is 0.533. The fraction of sp³-hybridized carbons (Fsp3) is 0.444. The number of nitrogens with zero attached hydrogens (tertiary/aromatic N) is 2. The van der Waals surface area contributed by atoms with Crippen molar-refractivity contribution in [2.24, 2.45) is 0 Å². The van der Waals surface area contributed by atoms with Gasteiger partial charge in [0.05, 0.1) is 22.9 Å². The van der Waals surface area contributed by atoms with E-state index in [0.29, 0.717) is 13.0 Å². The first-order chi connectivity index (χ1) is 6.94. The van der Waals surface area contributed by atoms with Gasteiger partial charge < -0.3 is 4.55 Å². The van der Waals surface area contributed by atoms with E-state index in [1.165, 1.54) is 0 Å². The Morgan fingerprint density at radius 3 is 2.80 bits per heavy atom. The Labute approximate surface area is 89.4 Å².